The molecular weight excluding hydrogens is 180 g/mol. The lowest BCUT2D eigenvalue weighted by molar-refractivity contribution is 0.528. The number of rotatable bonds is 9. The molecular formula is C15H30. The summed E-state index contributed by atoms with van der Waals surface area (Å²) in [5.41, 5.74) is 0. The molecule has 0 aliphatic heterocycles. The Balaban J connectivity index is 3.10. The summed E-state index contributed by atoms with van der Waals surface area (Å²) >= 11 is 0. The lowest BCUT2D eigenvalue weighted by Crippen LogP contribution is -1.86. The minimum absolute atomic E-state index is 0.848. The van der Waals surface area contributed by atoms with Gasteiger partial charge in [0, 0.05) is 0 Å². The number of hydrogen-bond acceptors (Lipinski definition) is 0. The molecule has 0 radical (unpaired) electrons. The van der Waals surface area contributed by atoms with Gasteiger partial charge in [-0.15, -0.1) is 0 Å². The van der Waals surface area contributed by atoms with Crippen LogP contribution in [0.1, 0.15) is 72.6 Å². The van der Waals surface area contributed by atoms with Crippen LogP contribution in [0, 0.1) is 11.8 Å². The first-order chi connectivity index (χ1) is 7.13. The van der Waals surface area contributed by atoms with E-state index in [4.69, 9.17) is 0 Å². The van der Waals surface area contributed by atoms with Gasteiger partial charge in [-0.2, -0.15) is 0 Å². The summed E-state index contributed by atoms with van der Waals surface area (Å²) in [6, 6.07) is 0. The molecule has 0 amide bonds. The molecule has 0 rings (SSSR count). The molecule has 0 heterocycles. The maximum atomic E-state index is 2.37. The zero-order valence-corrected chi connectivity index (χ0v) is 11.3. The third-order valence-corrected chi connectivity index (χ3v) is 2.73. The van der Waals surface area contributed by atoms with Crippen LogP contribution >= 0.6 is 0 Å². The van der Waals surface area contributed by atoms with Gasteiger partial charge in [0.05, 0.1) is 0 Å². The van der Waals surface area contributed by atoms with E-state index in [0.29, 0.717) is 0 Å². The van der Waals surface area contributed by atoms with Crippen LogP contribution in [0.4, 0.5) is 0 Å². The Hall–Kier alpha value is -0.260. The molecule has 90 valence electrons. The molecule has 15 heavy (non-hydrogen) atoms. The zero-order chi connectivity index (χ0) is 11.5. The summed E-state index contributed by atoms with van der Waals surface area (Å²) in [7, 11) is 0. The van der Waals surface area contributed by atoms with Crippen molar-refractivity contribution in [1.82, 2.24) is 0 Å². The quantitative estimate of drug-likeness (QED) is 0.344. The Bertz CT molecular complexity index is 142. The Morgan fingerprint density at radius 1 is 0.667 bits per heavy atom. The SMILES string of the molecule is CC(C)CC/C=C/CCCCCC(C)C. The molecule has 0 N–H and O–H groups in total. The van der Waals surface area contributed by atoms with Crippen molar-refractivity contribution in [3.05, 3.63) is 12.2 Å². The molecule has 0 spiro atoms. The first-order valence-electron chi connectivity index (χ1n) is 6.78. The summed E-state index contributed by atoms with van der Waals surface area (Å²) in [6.45, 7) is 9.21. The van der Waals surface area contributed by atoms with Gasteiger partial charge in [-0.25, -0.2) is 0 Å². The van der Waals surface area contributed by atoms with Crippen molar-refractivity contribution in [2.75, 3.05) is 0 Å². The molecule has 0 aromatic carbocycles. The van der Waals surface area contributed by atoms with Gasteiger partial charge in [0.2, 0.25) is 0 Å². The number of allylic oxidation sites excluding steroid dienone is 2. The van der Waals surface area contributed by atoms with E-state index in [9.17, 15) is 0 Å². The lowest BCUT2D eigenvalue weighted by atomic mass is 10.0. The molecule has 0 atom stereocenters. The molecule has 0 saturated heterocycles. The van der Waals surface area contributed by atoms with Crippen LogP contribution in [0.15, 0.2) is 12.2 Å². The monoisotopic (exact) mass is 210 g/mol. The smallest absolute Gasteiger partial charge is 0.0348 e. The maximum Gasteiger partial charge on any atom is -0.0348 e. The maximum absolute atomic E-state index is 2.37. The van der Waals surface area contributed by atoms with Gasteiger partial charge in [-0.1, -0.05) is 59.1 Å². The average Bonchev–Trinajstić information content (AvgIpc) is 2.14. The predicted octanol–water partition coefficient (Wildman–Crippen LogP) is 5.59. The molecule has 0 fully saturated rings. The van der Waals surface area contributed by atoms with Crippen molar-refractivity contribution in [3.63, 3.8) is 0 Å². The van der Waals surface area contributed by atoms with E-state index < -0.39 is 0 Å². The highest BCUT2D eigenvalue weighted by molar-refractivity contribution is 4.81. The minimum Gasteiger partial charge on any atom is -0.0885 e. The van der Waals surface area contributed by atoms with Crippen molar-refractivity contribution in [1.29, 1.82) is 0 Å². The van der Waals surface area contributed by atoms with Crippen LogP contribution in [0.25, 0.3) is 0 Å². The van der Waals surface area contributed by atoms with Crippen LogP contribution < -0.4 is 0 Å². The highest BCUT2D eigenvalue weighted by Gasteiger charge is 1.93. The van der Waals surface area contributed by atoms with Crippen molar-refractivity contribution in [2.45, 2.75) is 72.6 Å². The van der Waals surface area contributed by atoms with Crippen molar-refractivity contribution >= 4 is 0 Å². The van der Waals surface area contributed by atoms with E-state index in [1.165, 1.54) is 44.9 Å². The fraction of sp³-hybridized carbons (Fsp3) is 0.867. The summed E-state index contributed by atoms with van der Waals surface area (Å²) in [5, 5.41) is 0. The van der Waals surface area contributed by atoms with E-state index in [-0.39, 0.29) is 0 Å². The summed E-state index contributed by atoms with van der Waals surface area (Å²) in [4.78, 5) is 0. The number of unbranched alkanes of at least 4 members (excludes halogenated alkanes) is 3. The molecule has 0 saturated carbocycles. The van der Waals surface area contributed by atoms with Crippen molar-refractivity contribution < 1.29 is 0 Å². The van der Waals surface area contributed by atoms with Crippen LogP contribution in [0.2, 0.25) is 0 Å². The standard InChI is InChI=1S/C15H30/c1-14(2)12-10-8-6-5-7-9-11-13-15(3)4/h6,8,14-15H,5,7,9-13H2,1-4H3/b8-6+. The molecule has 0 aromatic heterocycles. The molecule has 0 aromatic rings. The second-order valence-electron chi connectivity index (χ2n) is 5.47. The van der Waals surface area contributed by atoms with Gasteiger partial charge < -0.3 is 0 Å². The Morgan fingerprint density at radius 2 is 1.27 bits per heavy atom. The second-order valence-corrected chi connectivity index (χ2v) is 5.47. The van der Waals surface area contributed by atoms with Gasteiger partial charge in [0.25, 0.3) is 0 Å². The summed E-state index contributed by atoms with van der Waals surface area (Å²) < 4.78 is 0. The van der Waals surface area contributed by atoms with E-state index in [2.05, 4.69) is 39.8 Å². The Kier molecular flexibility index (Phi) is 10.1. The highest BCUT2D eigenvalue weighted by atomic mass is 14.0. The molecule has 0 aliphatic rings. The lowest BCUT2D eigenvalue weighted by Gasteiger charge is -2.02. The van der Waals surface area contributed by atoms with Gasteiger partial charge in [0.1, 0.15) is 0 Å². The van der Waals surface area contributed by atoms with E-state index in [1.54, 1.807) is 0 Å². The normalized spacial score (nSPS) is 12.1. The summed E-state index contributed by atoms with van der Waals surface area (Å²) in [5.74, 6) is 1.73. The Labute approximate surface area is 97.2 Å². The number of hydrogen-bond donors (Lipinski definition) is 0. The highest BCUT2D eigenvalue weighted by Crippen LogP contribution is 2.10. The minimum atomic E-state index is 0.848. The van der Waals surface area contributed by atoms with Gasteiger partial charge in [-0.05, 0) is 37.5 Å². The van der Waals surface area contributed by atoms with Gasteiger partial charge >= 0.3 is 0 Å². The average molecular weight is 210 g/mol. The van der Waals surface area contributed by atoms with Crippen LogP contribution in [0.3, 0.4) is 0 Å². The molecule has 0 nitrogen and oxygen atoms in total. The summed E-state index contributed by atoms with van der Waals surface area (Å²) in [6.07, 6.45) is 14.2. The van der Waals surface area contributed by atoms with E-state index in [0.717, 1.165) is 11.8 Å². The van der Waals surface area contributed by atoms with E-state index >= 15 is 0 Å². The zero-order valence-electron chi connectivity index (χ0n) is 11.3. The molecule has 0 unspecified atom stereocenters. The van der Waals surface area contributed by atoms with Gasteiger partial charge in [-0.3, -0.25) is 0 Å². The van der Waals surface area contributed by atoms with Crippen molar-refractivity contribution in [3.8, 4) is 0 Å². The fourth-order valence-electron chi connectivity index (χ4n) is 1.66. The van der Waals surface area contributed by atoms with Crippen LogP contribution in [0.5, 0.6) is 0 Å². The molecule has 0 aliphatic carbocycles. The van der Waals surface area contributed by atoms with E-state index in [1.807, 2.05) is 0 Å². The van der Waals surface area contributed by atoms with Crippen LogP contribution in [-0.4, -0.2) is 0 Å². The molecule has 0 bridgehead atoms. The third kappa shape index (κ3) is 13.7. The third-order valence-electron chi connectivity index (χ3n) is 2.73. The van der Waals surface area contributed by atoms with Crippen LogP contribution in [-0.2, 0) is 0 Å². The predicted molar refractivity (Wildman–Crippen MR) is 71.1 cm³/mol. The fourth-order valence-corrected chi connectivity index (χ4v) is 1.66. The second kappa shape index (κ2) is 10.3. The molecule has 0 heteroatoms. The van der Waals surface area contributed by atoms with Crippen molar-refractivity contribution in [2.24, 2.45) is 11.8 Å². The largest absolute Gasteiger partial charge is 0.0885 e. The first-order valence-corrected chi connectivity index (χ1v) is 6.78. The topological polar surface area (TPSA) is 0 Å². The van der Waals surface area contributed by atoms with Gasteiger partial charge in [0.15, 0.2) is 0 Å². The Morgan fingerprint density at radius 3 is 1.87 bits per heavy atom. The first kappa shape index (κ1) is 14.7.